The molecule has 6 heteroatoms. The van der Waals surface area contributed by atoms with Gasteiger partial charge in [0, 0.05) is 7.05 Å². The summed E-state index contributed by atoms with van der Waals surface area (Å²) in [5.41, 5.74) is 2.02. The van der Waals surface area contributed by atoms with E-state index in [1.54, 1.807) is 33.0 Å². The smallest absolute Gasteiger partial charge is 0.260 e. The minimum atomic E-state index is -0.646. The molecule has 0 bridgehead atoms. The summed E-state index contributed by atoms with van der Waals surface area (Å²) >= 11 is 0. The van der Waals surface area contributed by atoms with Gasteiger partial charge in [0.2, 0.25) is 11.8 Å². The van der Waals surface area contributed by atoms with Gasteiger partial charge in [-0.2, -0.15) is 14.6 Å². The summed E-state index contributed by atoms with van der Waals surface area (Å²) in [5.74, 6) is -0.0404. The van der Waals surface area contributed by atoms with Gasteiger partial charge in [-0.25, -0.2) is 4.98 Å². The molecule has 1 heterocycles. The third-order valence-corrected chi connectivity index (χ3v) is 2.72. The summed E-state index contributed by atoms with van der Waals surface area (Å²) in [4.78, 5) is 7.68. The number of hydrogen-bond acceptors (Lipinski definition) is 5. The molecule has 2 aromatic rings. The second-order valence-electron chi connectivity index (χ2n) is 4.25. The van der Waals surface area contributed by atoms with Crippen LogP contribution < -0.4 is 10.1 Å². The predicted molar refractivity (Wildman–Crippen MR) is 72.2 cm³/mol. The van der Waals surface area contributed by atoms with E-state index >= 15 is 0 Å². The number of benzene rings is 1. The molecule has 0 radical (unpaired) electrons. The van der Waals surface area contributed by atoms with E-state index < -0.39 is 5.82 Å². The van der Waals surface area contributed by atoms with E-state index in [1.807, 2.05) is 0 Å². The Morgan fingerprint density at radius 2 is 1.95 bits per heavy atom. The second-order valence-corrected chi connectivity index (χ2v) is 4.25. The molecule has 0 spiro atoms. The van der Waals surface area contributed by atoms with Crippen molar-refractivity contribution in [3.63, 3.8) is 0 Å². The fraction of sp³-hybridized carbons (Fsp3) is 0.214. The molecule has 1 aromatic heterocycles. The quantitative estimate of drug-likeness (QED) is 0.930. The van der Waals surface area contributed by atoms with E-state index in [1.165, 1.54) is 0 Å². The molecule has 1 aromatic carbocycles. The first-order valence-corrected chi connectivity index (χ1v) is 5.94. The van der Waals surface area contributed by atoms with Crippen molar-refractivity contribution in [3.05, 3.63) is 40.8 Å². The molecule has 0 amide bonds. The van der Waals surface area contributed by atoms with Gasteiger partial charge in [0.15, 0.2) is 0 Å². The number of hydrogen-bond donors (Lipinski definition) is 1. The molecule has 0 saturated heterocycles. The van der Waals surface area contributed by atoms with Crippen LogP contribution in [0.15, 0.2) is 18.3 Å². The van der Waals surface area contributed by atoms with Gasteiger partial charge in [-0.1, -0.05) is 0 Å². The number of aromatic nitrogens is 2. The lowest BCUT2D eigenvalue weighted by atomic mass is 10.1. The minimum Gasteiger partial charge on any atom is -0.436 e. The third-order valence-electron chi connectivity index (χ3n) is 2.72. The Balaban J connectivity index is 2.43. The van der Waals surface area contributed by atoms with Crippen LogP contribution in [0.25, 0.3) is 0 Å². The number of nitrogens with zero attached hydrogens (tertiary/aromatic N) is 3. The van der Waals surface area contributed by atoms with E-state index in [9.17, 15) is 4.39 Å². The lowest BCUT2D eigenvalue weighted by Crippen LogP contribution is -2.01. The zero-order valence-electron chi connectivity index (χ0n) is 11.4. The molecule has 2 rings (SSSR count). The van der Waals surface area contributed by atoms with Crippen molar-refractivity contribution in [2.75, 3.05) is 12.4 Å². The predicted octanol–water partition coefficient (Wildman–Crippen LogP) is 2.94. The molecule has 0 aliphatic heterocycles. The molecule has 0 aliphatic carbocycles. The zero-order chi connectivity index (χ0) is 14.7. The Morgan fingerprint density at radius 1 is 1.30 bits per heavy atom. The minimum absolute atomic E-state index is 0.153. The van der Waals surface area contributed by atoms with E-state index in [4.69, 9.17) is 10.00 Å². The molecule has 0 fully saturated rings. The van der Waals surface area contributed by atoms with Crippen molar-refractivity contribution in [1.29, 1.82) is 5.26 Å². The third kappa shape index (κ3) is 2.67. The highest BCUT2D eigenvalue weighted by Gasteiger charge is 2.13. The molecular formula is C14H13FN4O. The number of nitrogens with one attached hydrogen (secondary N) is 1. The van der Waals surface area contributed by atoms with Gasteiger partial charge in [0.1, 0.15) is 5.75 Å². The second kappa shape index (κ2) is 5.53. The molecule has 1 N–H and O–H groups in total. The van der Waals surface area contributed by atoms with Gasteiger partial charge in [-0.05, 0) is 37.1 Å². The van der Waals surface area contributed by atoms with E-state index in [0.29, 0.717) is 11.3 Å². The maximum Gasteiger partial charge on any atom is 0.260 e. The monoisotopic (exact) mass is 272 g/mol. The van der Waals surface area contributed by atoms with Gasteiger partial charge < -0.3 is 10.1 Å². The van der Waals surface area contributed by atoms with Crippen LogP contribution in [-0.2, 0) is 0 Å². The zero-order valence-corrected chi connectivity index (χ0v) is 11.4. The normalized spacial score (nSPS) is 9.95. The Morgan fingerprint density at radius 3 is 2.50 bits per heavy atom. The standard InChI is InChI=1S/C14H13FN4O/c1-8-4-10(6-16)5-9(2)12(8)20-13-11(15)7-18-14(17-3)19-13/h4-5,7H,1-3H3,(H,17,18,19). The summed E-state index contributed by atoms with van der Waals surface area (Å²) in [6, 6.07) is 5.43. The highest BCUT2D eigenvalue weighted by Crippen LogP contribution is 2.30. The van der Waals surface area contributed by atoms with Crippen LogP contribution in [-0.4, -0.2) is 17.0 Å². The maximum atomic E-state index is 13.7. The first kappa shape index (κ1) is 13.7. The van der Waals surface area contributed by atoms with Gasteiger partial charge in [0.05, 0.1) is 17.8 Å². The summed E-state index contributed by atoms with van der Waals surface area (Å²) in [6.07, 6.45) is 1.04. The van der Waals surface area contributed by atoms with Gasteiger partial charge >= 0.3 is 0 Å². The number of halogens is 1. The molecular weight excluding hydrogens is 259 g/mol. The molecule has 0 unspecified atom stereocenters. The van der Waals surface area contributed by atoms with Crippen LogP contribution in [0, 0.1) is 31.0 Å². The number of anilines is 1. The molecule has 102 valence electrons. The summed E-state index contributed by atoms with van der Waals surface area (Å²) in [6.45, 7) is 3.59. The van der Waals surface area contributed by atoms with Gasteiger partial charge in [0.25, 0.3) is 5.88 Å². The first-order chi connectivity index (χ1) is 9.55. The lowest BCUT2D eigenvalue weighted by molar-refractivity contribution is 0.416. The Bertz CT molecular complexity index is 671. The summed E-state index contributed by atoms with van der Waals surface area (Å²) < 4.78 is 19.2. The first-order valence-electron chi connectivity index (χ1n) is 5.94. The van der Waals surface area contributed by atoms with Crippen LogP contribution >= 0.6 is 0 Å². The molecule has 0 saturated carbocycles. The van der Waals surface area contributed by atoms with Crippen molar-refractivity contribution >= 4 is 5.95 Å². The topological polar surface area (TPSA) is 70.8 Å². The highest BCUT2D eigenvalue weighted by molar-refractivity contribution is 5.48. The molecule has 20 heavy (non-hydrogen) atoms. The number of nitriles is 1. The SMILES string of the molecule is CNc1ncc(F)c(Oc2c(C)cc(C#N)cc2C)n1. The van der Waals surface area contributed by atoms with Crippen molar-refractivity contribution in [1.82, 2.24) is 9.97 Å². The van der Waals surface area contributed by atoms with Crippen LogP contribution in [0.1, 0.15) is 16.7 Å². The maximum absolute atomic E-state index is 13.7. The van der Waals surface area contributed by atoms with Crippen molar-refractivity contribution in [2.24, 2.45) is 0 Å². The Hall–Kier alpha value is -2.68. The van der Waals surface area contributed by atoms with Gasteiger partial charge in [-0.3, -0.25) is 0 Å². The van der Waals surface area contributed by atoms with Gasteiger partial charge in [-0.15, -0.1) is 0 Å². The summed E-state index contributed by atoms with van der Waals surface area (Å²) in [5, 5.41) is 11.6. The molecule has 5 nitrogen and oxygen atoms in total. The van der Waals surface area contributed by atoms with Crippen LogP contribution in [0.3, 0.4) is 0 Å². The Kier molecular flexibility index (Phi) is 3.80. The van der Waals surface area contributed by atoms with Crippen LogP contribution in [0.4, 0.5) is 10.3 Å². The van der Waals surface area contributed by atoms with Crippen LogP contribution in [0.5, 0.6) is 11.6 Å². The average Bonchev–Trinajstić information content (AvgIpc) is 2.44. The fourth-order valence-electron chi connectivity index (χ4n) is 1.82. The number of aryl methyl sites for hydroxylation is 2. The lowest BCUT2D eigenvalue weighted by Gasteiger charge is -2.12. The summed E-state index contributed by atoms with van der Waals surface area (Å²) in [7, 11) is 1.63. The molecule has 0 atom stereocenters. The largest absolute Gasteiger partial charge is 0.436 e. The van der Waals surface area contributed by atoms with Crippen molar-refractivity contribution in [2.45, 2.75) is 13.8 Å². The van der Waals surface area contributed by atoms with Crippen LogP contribution in [0.2, 0.25) is 0 Å². The average molecular weight is 272 g/mol. The van der Waals surface area contributed by atoms with E-state index in [-0.39, 0.29) is 11.8 Å². The molecule has 0 aliphatic rings. The van der Waals surface area contributed by atoms with Crippen molar-refractivity contribution in [3.8, 4) is 17.7 Å². The number of rotatable bonds is 3. The highest BCUT2D eigenvalue weighted by atomic mass is 19.1. The van der Waals surface area contributed by atoms with Crippen molar-refractivity contribution < 1.29 is 9.13 Å². The van der Waals surface area contributed by atoms with E-state index in [0.717, 1.165) is 17.3 Å². The number of ether oxygens (including phenoxy) is 1. The van der Waals surface area contributed by atoms with E-state index in [2.05, 4.69) is 21.4 Å². The Labute approximate surface area is 116 Å². The fourth-order valence-corrected chi connectivity index (χ4v) is 1.82.